The lowest BCUT2D eigenvalue weighted by atomic mass is 9.93. The van der Waals surface area contributed by atoms with Gasteiger partial charge in [-0.15, -0.1) is 0 Å². The van der Waals surface area contributed by atoms with Gasteiger partial charge in [-0.25, -0.2) is 0 Å². The third kappa shape index (κ3) is 9.03. The number of hydrogen-bond acceptors (Lipinski definition) is 2. The minimum atomic E-state index is -4.32. The lowest BCUT2D eigenvalue weighted by molar-refractivity contribution is -0.190. The van der Waals surface area contributed by atoms with Crippen LogP contribution in [-0.2, 0) is 0 Å². The maximum Gasteiger partial charge on any atom is 0.404 e. The van der Waals surface area contributed by atoms with E-state index < -0.39 is 24.4 Å². The number of nitrogens with zero attached hydrogens (tertiary/aromatic N) is 2. The fourth-order valence-corrected chi connectivity index (χ4v) is 3.30. The van der Waals surface area contributed by atoms with Crippen molar-refractivity contribution < 1.29 is 26.3 Å². The zero-order valence-electron chi connectivity index (χ0n) is 17.6. The van der Waals surface area contributed by atoms with Crippen molar-refractivity contribution in [3.63, 3.8) is 0 Å². The molecule has 27 heavy (non-hydrogen) atoms. The summed E-state index contributed by atoms with van der Waals surface area (Å²) in [5, 5.41) is 0. The highest BCUT2D eigenvalue weighted by molar-refractivity contribution is 4.83. The second kappa shape index (κ2) is 10.9. The molecule has 164 valence electrons. The molecule has 0 radical (unpaired) electrons. The Hall–Kier alpha value is -0.500. The maximum atomic E-state index is 13.4. The Labute approximate surface area is 160 Å². The van der Waals surface area contributed by atoms with E-state index in [0.717, 1.165) is 0 Å². The Bertz CT molecular complexity index is 408. The van der Waals surface area contributed by atoms with E-state index in [0.29, 0.717) is 19.3 Å². The smallest absolute Gasteiger partial charge is 0.293 e. The van der Waals surface area contributed by atoms with E-state index >= 15 is 0 Å². The molecule has 0 saturated heterocycles. The van der Waals surface area contributed by atoms with Crippen molar-refractivity contribution >= 4 is 0 Å². The van der Waals surface area contributed by atoms with Crippen molar-refractivity contribution in [3.8, 4) is 0 Å². The van der Waals surface area contributed by atoms with Gasteiger partial charge in [-0.1, -0.05) is 20.3 Å². The molecule has 0 aliphatic carbocycles. The second-order valence-corrected chi connectivity index (χ2v) is 8.10. The normalized spacial score (nSPS) is 18.2. The van der Waals surface area contributed by atoms with Gasteiger partial charge in [0.1, 0.15) is 12.1 Å². The van der Waals surface area contributed by atoms with Gasteiger partial charge in [-0.05, 0) is 66.5 Å². The van der Waals surface area contributed by atoms with Crippen molar-refractivity contribution in [3.05, 3.63) is 0 Å². The standard InChI is InChI=1S/C19H36F6N2/c1-8-9-16(18(20,21)22)27(7)15(5)11-10-14(4)12-17(19(23,24)25)26(6)13(2)3/h13-17H,8-12H2,1-7H3/t14?,15?,16-,17+/m1/s1. The highest BCUT2D eigenvalue weighted by atomic mass is 19.4. The summed E-state index contributed by atoms with van der Waals surface area (Å²) in [7, 11) is 2.92. The summed E-state index contributed by atoms with van der Waals surface area (Å²) in [6, 6.07) is -3.64. The molecule has 0 aliphatic rings. The van der Waals surface area contributed by atoms with Crippen molar-refractivity contribution in [2.24, 2.45) is 5.92 Å². The Morgan fingerprint density at radius 1 is 0.704 bits per heavy atom. The van der Waals surface area contributed by atoms with Crippen LogP contribution in [0, 0.1) is 5.92 Å². The lowest BCUT2D eigenvalue weighted by Gasteiger charge is -2.36. The Balaban J connectivity index is 4.84. The monoisotopic (exact) mass is 406 g/mol. The summed E-state index contributed by atoms with van der Waals surface area (Å²) >= 11 is 0. The molecule has 0 heterocycles. The minimum Gasteiger partial charge on any atom is -0.293 e. The summed E-state index contributed by atoms with van der Waals surface area (Å²) in [5.41, 5.74) is 0. The molecule has 0 aromatic carbocycles. The zero-order valence-corrected chi connectivity index (χ0v) is 17.6. The van der Waals surface area contributed by atoms with E-state index in [1.807, 2.05) is 0 Å². The molecule has 0 rings (SSSR count). The molecule has 0 fully saturated rings. The van der Waals surface area contributed by atoms with Crippen LogP contribution >= 0.6 is 0 Å². The molecule has 4 atom stereocenters. The number of alkyl halides is 6. The fraction of sp³-hybridized carbons (Fsp3) is 1.00. The van der Waals surface area contributed by atoms with Crippen LogP contribution in [0.5, 0.6) is 0 Å². The van der Waals surface area contributed by atoms with E-state index in [9.17, 15) is 26.3 Å². The summed E-state index contributed by atoms with van der Waals surface area (Å²) in [6.45, 7) is 8.59. The van der Waals surface area contributed by atoms with Gasteiger partial charge in [0.25, 0.3) is 0 Å². The van der Waals surface area contributed by atoms with Gasteiger partial charge in [-0.3, -0.25) is 9.80 Å². The minimum absolute atomic E-state index is 0.0230. The summed E-state index contributed by atoms with van der Waals surface area (Å²) < 4.78 is 79.7. The van der Waals surface area contributed by atoms with Crippen LogP contribution in [-0.4, -0.2) is 60.4 Å². The average molecular weight is 406 g/mol. The SMILES string of the molecule is CCC[C@@H](N(C)C(C)CCC(C)C[C@H](N(C)C(C)C)C(F)(F)F)C(F)(F)F. The van der Waals surface area contributed by atoms with Crippen LogP contribution in [0.2, 0.25) is 0 Å². The molecule has 0 aromatic rings. The van der Waals surface area contributed by atoms with Gasteiger partial charge < -0.3 is 0 Å². The van der Waals surface area contributed by atoms with Crippen LogP contribution in [0.4, 0.5) is 26.3 Å². The summed E-state index contributed by atoms with van der Waals surface area (Å²) in [4.78, 5) is 2.63. The third-order valence-electron chi connectivity index (χ3n) is 5.51. The molecule has 0 N–H and O–H groups in total. The van der Waals surface area contributed by atoms with E-state index in [1.165, 1.54) is 23.9 Å². The van der Waals surface area contributed by atoms with Gasteiger partial charge in [-0.2, -0.15) is 26.3 Å². The third-order valence-corrected chi connectivity index (χ3v) is 5.51. The van der Waals surface area contributed by atoms with Crippen LogP contribution in [0.1, 0.15) is 66.7 Å². The summed E-state index contributed by atoms with van der Waals surface area (Å²) in [5.74, 6) is -0.232. The number of rotatable bonds is 11. The highest BCUT2D eigenvalue weighted by Gasteiger charge is 2.44. The molecule has 0 amide bonds. The highest BCUT2D eigenvalue weighted by Crippen LogP contribution is 2.33. The van der Waals surface area contributed by atoms with E-state index in [4.69, 9.17) is 0 Å². The molecule has 0 aromatic heterocycles. The second-order valence-electron chi connectivity index (χ2n) is 8.10. The topological polar surface area (TPSA) is 6.48 Å². The quantitative estimate of drug-likeness (QED) is 0.382. The van der Waals surface area contributed by atoms with Gasteiger partial charge in [0, 0.05) is 12.1 Å². The molecule has 0 saturated carbocycles. The van der Waals surface area contributed by atoms with E-state index in [2.05, 4.69) is 0 Å². The largest absolute Gasteiger partial charge is 0.404 e. The van der Waals surface area contributed by atoms with Crippen molar-refractivity contribution in [2.75, 3.05) is 14.1 Å². The first-order valence-electron chi connectivity index (χ1n) is 9.70. The first-order valence-corrected chi connectivity index (χ1v) is 9.70. The number of hydrogen-bond donors (Lipinski definition) is 0. The predicted octanol–water partition coefficient (Wildman–Crippen LogP) is 6.12. The molecule has 2 nitrogen and oxygen atoms in total. The van der Waals surface area contributed by atoms with Crippen LogP contribution < -0.4 is 0 Å². The molecule has 0 bridgehead atoms. The molecular weight excluding hydrogens is 370 g/mol. The maximum absolute atomic E-state index is 13.4. The van der Waals surface area contributed by atoms with Gasteiger partial charge in [0.15, 0.2) is 0 Å². The Kier molecular flexibility index (Phi) is 10.7. The van der Waals surface area contributed by atoms with Crippen LogP contribution in [0.3, 0.4) is 0 Å². The first kappa shape index (κ1) is 26.5. The van der Waals surface area contributed by atoms with Crippen molar-refractivity contribution in [1.82, 2.24) is 9.80 Å². The summed E-state index contributed by atoms with van der Waals surface area (Å²) in [6.07, 6.45) is -7.33. The number of halogens is 6. The van der Waals surface area contributed by atoms with E-state index in [1.54, 1.807) is 34.6 Å². The lowest BCUT2D eigenvalue weighted by Crippen LogP contribution is -2.48. The van der Waals surface area contributed by atoms with Crippen molar-refractivity contribution in [1.29, 1.82) is 0 Å². The van der Waals surface area contributed by atoms with E-state index in [-0.39, 0.29) is 30.8 Å². The van der Waals surface area contributed by atoms with Crippen LogP contribution in [0.15, 0.2) is 0 Å². The Morgan fingerprint density at radius 3 is 1.56 bits per heavy atom. The molecule has 0 spiro atoms. The fourth-order valence-electron chi connectivity index (χ4n) is 3.30. The van der Waals surface area contributed by atoms with Crippen LogP contribution in [0.25, 0.3) is 0 Å². The molecule has 8 heteroatoms. The Morgan fingerprint density at radius 2 is 1.19 bits per heavy atom. The van der Waals surface area contributed by atoms with Gasteiger partial charge in [0.05, 0.1) is 0 Å². The predicted molar refractivity (Wildman–Crippen MR) is 97.7 cm³/mol. The van der Waals surface area contributed by atoms with Gasteiger partial charge in [0.2, 0.25) is 0 Å². The molecular formula is C19H36F6N2. The zero-order chi connectivity index (χ0) is 21.6. The van der Waals surface area contributed by atoms with Gasteiger partial charge >= 0.3 is 12.4 Å². The van der Waals surface area contributed by atoms with Crippen molar-refractivity contribution in [2.45, 2.75) is 103 Å². The molecule has 2 unspecified atom stereocenters. The first-order chi connectivity index (χ1) is 12.1. The average Bonchev–Trinajstić information content (AvgIpc) is 2.51. The molecule has 0 aliphatic heterocycles.